The zero-order valence-corrected chi connectivity index (χ0v) is 17.1. The van der Waals surface area contributed by atoms with E-state index in [1.165, 1.54) is 21.8 Å². The molecule has 1 amide bonds. The van der Waals surface area contributed by atoms with Crippen molar-refractivity contribution in [1.82, 2.24) is 4.57 Å². The number of hydrogen-bond donors (Lipinski definition) is 1. The lowest BCUT2D eigenvalue weighted by Crippen LogP contribution is -2.22. The number of aromatic nitrogens is 1. The summed E-state index contributed by atoms with van der Waals surface area (Å²) in [6.45, 7) is 10.7. The Morgan fingerprint density at radius 2 is 1.85 bits per heavy atom. The van der Waals surface area contributed by atoms with Crippen molar-refractivity contribution in [2.45, 2.75) is 40.7 Å². The molecular weight excluding hydrogens is 340 g/mol. The van der Waals surface area contributed by atoms with Crippen molar-refractivity contribution in [3.8, 4) is 0 Å². The molecule has 1 aromatic heterocycles. The smallest absolute Gasteiger partial charge is 0.228 e. The minimum absolute atomic E-state index is 0.00653. The Labute approximate surface area is 160 Å². The lowest BCUT2D eigenvalue weighted by molar-refractivity contribution is -0.118. The van der Waals surface area contributed by atoms with Gasteiger partial charge in [0.25, 0.3) is 0 Å². The number of carbonyl (C=O) groups is 1. The van der Waals surface area contributed by atoms with Gasteiger partial charge in [0.15, 0.2) is 0 Å². The minimum atomic E-state index is 0.00653. The molecule has 0 saturated heterocycles. The SMILES string of the molecule is CCSCC(C)C(=O)Nc1ccc2c(c1C)c1ccccc1n2C(C)C. The van der Waals surface area contributed by atoms with E-state index in [-0.39, 0.29) is 11.8 Å². The van der Waals surface area contributed by atoms with Crippen LogP contribution in [0.15, 0.2) is 36.4 Å². The second kappa shape index (κ2) is 7.75. The maximum absolute atomic E-state index is 12.6. The van der Waals surface area contributed by atoms with Gasteiger partial charge in [0.2, 0.25) is 5.91 Å². The van der Waals surface area contributed by atoms with Crippen LogP contribution in [0, 0.1) is 12.8 Å². The number of hydrogen-bond acceptors (Lipinski definition) is 2. The number of carbonyl (C=O) groups excluding carboxylic acids is 1. The van der Waals surface area contributed by atoms with Gasteiger partial charge in [-0.25, -0.2) is 0 Å². The van der Waals surface area contributed by atoms with E-state index < -0.39 is 0 Å². The standard InChI is InChI=1S/C22H28N2OS/c1-6-26-13-15(4)22(25)23-18-11-12-20-21(16(18)5)17-9-7-8-10-19(17)24(20)14(2)3/h7-12,14-15H,6,13H2,1-5H3,(H,23,25). The Morgan fingerprint density at radius 1 is 1.12 bits per heavy atom. The fraction of sp³-hybridized carbons (Fsp3) is 0.409. The summed E-state index contributed by atoms with van der Waals surface area (Å²) >= 11 is 1.81. The van der Waals surface area contributed by atoms with Gasteiger partial charge in [-0.3, -0.25) is 4.79 Å². The van der Waals surface area contributed by atoms with Crippen LogP contribution in [0.25, 0.3) is 21.8 Å². The van der Waals surface area contributed by atoms with E-state index in [1.54, 1.807) is 11.8 Å². The third-order valence-corrected chi connectivity index (χ3v) is 6.07. The van der Waals surface area contributed by atoms with Crippen LogP contribution < -0.4 is 5.32 Å². The van der Waals surface area contributed by atoms with Crippen LogP contribution >= 0.6 is 11.8 Å². The lowest BCUT2D eigenvalue weighted by atomic mass is 10.0. The van der Waals surface area contributed by atoms with Gasteiger partial charge in [-0.2, -0.15) is 11.8 Å². The number of para-hydroxylation sites is 1. The van der Waals surface area contributed by atoms with E-state index in [2.05, 4.69) is 67.9 Å². The molecule has 1 heterocycles. The van der Waals surface area contributed by atoms with Gasteiger partial charge in [-0.1, -0.05) is 32.0 Å². The third kappa shape index (κ3) is 3.35. The second-order valence-electron chi connectivity index (χ2n) is 7.16. The van der Waals surface area contributed by atoms with E-state index in [0.717, 1.165) is 22.8 Å². The number of amides is 1. The van der Waals surface area contributed by atoms with E-state index in [4.69, 9.17) is 0 Å². The second-order valence-corrected chi connectivity index (χ2v) is 8.48. The molecule has 1 N–H and O–H groups in total. The quantitative estimate of drug-likeness (QED) is 0.578. The van der Waals surface area contributed by atoms with Crippen LogP contribution in [0.1, 0.15) is 39.3 Å². The summed E-state index contributed by atoms with van der Waals surface area (Å²) in [6, 6.07) is 13.1. The van der Waals surface area contributed by atoms with Gasteiger partial charge in [0.05, 0.1) is 0 Å². The van der Waals surface area contributed by atoms with E-state index in [0.29, 0.717) is 6.04 Å². The number of aryl methyl sites for hydroxylation is 1. The molecule has 3 nitrogen and oxygen atoms in total. The minimum Gasteiger partial charge on any atom is -0.338 e. The Balaban J connectivity index is 2.06. The van der Waals surface area contributed by atoms with E-state index >= 15 is 0 Å². The summed E-state index contributed by atoms with van der Waals surface area (Å²) in [6.07, 6.45) is 0. The number of rotatable bonds is 6. The summed E-state index contributed by atoms with van der Waals surface area (Å²) in [7, 11) is 0. The van der Waals surface area contributed by atoms with Crippen LogP contribution in [0.3, 0.4) is 0 Å². The van der Waals surface area contributed by atoms with Crippen molar-refractivity contribution >= 4 is 45.2 Å². The number of fused-ring (bicyclic) bond motifs is 3. The van der Waals surface area contributed by atoms with E-state index in [1.807, 2.05) is 13.0 Å². The lowest BCUT2D eigenvalue weighted by Gasteiger charge is -2.15. The molecule has 138 valence electrons. The van der Waals surface area contributed by atoms with Crippen molar-refractivity contribution in [3.63, 3.8) is 0 Å². The highest BCUT2D eigenvalue weighted by atomic mass is 32.2. The Morgan fingerprint density at radius 3 is 2.54 bits per heavy atom. The maximum atomic E-state index is 12.6. The zero-order chi connectivity index (χ0) is 18.8. The molecule has 0 aliphatic heterocycles. The molecule has 26 heavy (non-hydrogen) atoms. The molecule has 1 unspecified atom stereocenters. The zero-order valence-electron chi connectivity index (χ0n) is 16.3. The topological polar surface area (TPSA) is 34.0 Å². The summed E-state index contributed by atoms with van der Waals surface area (Å²) < 4.78 is 2.38. The summed E-state index contributed by atoms with van der Waals surface area (Å²) in [4.78, 5) is 12.6. The first-order valence-electron chi connectivity index (χ1n) is 9.36. The first kappa shape index (κ1) is 18.8. The average Bonchev–Trinajstić information content (AvgIpc) is 2.97. The van der Waals surface area contributed by atoms with Crippen molar-refractivity contribution in [1.29, 1.82) is 0 Å². The van der Waals surface area contributed by atoms with Crippen molar-refractivity contribution in [2.24, 2.45) is 5.92 Å². The molecule has 3 rings (SSSR count). The Hall–Kier alpha value is -1.94. The molecule has 1 atom stereocenters. The molecule has 0 radical (unpaired) electrons. The Kier molecular flexibility index (Phi) is 5.61. The van der Waals surface area contributed by atoms with Gasteiger partial charge in [-0.15, -0.1) is 0 Å². The predicted octanol–water partition coefficient (Wildman–Crippen LogP) is 6.01. The van der Waals surface area contributed by atoms with Gasteiger partial charge in [0.1, 0.15) is 0 Å². The van der Waals surface area contributed by atoms with Crippen molar-refractivity contribution in [2.75, 3.05) is 16.8 Å². The largest absolute Gasteiger partial charge is 0.338 e. The van der Waals surface area contributed by atoms with E-state index in [9.17, 15) is 4.79 Å². The molecule has 0 fully saturated rings. The van der Waals surface area contributed by atoms with Crippen LogP contribution in [0.5, 0.6) is 0 Å². The fourth-order valence-corrected chi connectivity index (χ4v) is 4.32. The normalized spacial score (nSPS) is 12.8. The highest BCUT2D eigenvalue weighted by Gasteiger charge is 2.18. The summed E-state index contributed by atoms with van der Waals surface area (Å²) in [5.41, 5.74) is 4.53. The van der Waals surface area contributed by atoms with Gasteiger partial charge < -0.3 is 9.88 Å². The molecular formula is C22H28N2OS. The third-order valence-electron chi connectivity index (χ3n) is 4.93. The highest BCUT2D eigenvalue weighted by Crippen LogP contribution is 2.36. The number of nitrogens with zero attached hydrogens (tertiary/aromatic N) is 1. The van der Waals surface area contributed by atoms with Crippen molar-refractivity contribution < 1.29 is 4.79 Å². The monoisotopic (exact) mass is 368 g/mol. The number of nitrogens with one attached hydrogen (secondary N) is 1. The first-order chi connectivity index (χ1) is 12.5. The maximum Gasteiger partial charge on any atom is 0.228 e. The number of benzene rings is 2. The molecule has 0 spiro atoms. The fourth-order valence-electron chi connectivity index (χ4n) is 3.58. The average molecular weight is 369 g/mol. The first-order valence-corrected chi connectivity index (χ1v) is 10.5. The molecule has 0 bridgehead atoms. The van der Waals surface area contributed by atoms with Crippen molar-refractivity contribution in [3.05, 3.63) is 42.0 Å². The molecule has 0 aliphatic rings. The van der Waals surface area contributed by atoms with Crippen LogP contribution in [0.2, 0.25) is 0 Å². The van der Waals surface area contributed by atoms with Gasteiger partial charge in [-0.05, 0) is 50.3 Å². The number of anilines is 1. The van der Waals surface area contributed by atoms with Gasteiger partial charge >= 0.3 is 0 Å². The summed E-state index contributed by atoms with van der Waals surface area (Å²) in [5, 5.41) is 5.64. The van der Waals surface area contributed by atoms with Gasteiger partial charge in [0, 0.05) is 45.2 Å². The molecule has 2 aromatic carbocycles. The van der Waals surface area contributed by atoms with Crippen LogP contribution in [-0.4, -0.2) is 22.0 Å². The summed E-state index contributed by atoms with van der Waals surface area (Å²) in [5.74, 6) is 2.00. The predicted molar refractivity (Wildman–Crippen MR) is 115 cm³/mol. The highest BCUT2D eigenvalue weighted by molar-refractivity contribution is 7.99. The molecule has 0 aliphatic carbocycles. The van der Waals surface area contributed by atoms with Crippen LogP contribution in [0.4, 0.5) is 5.69 Å². The van der Waals surface area contributed by atoms with Crippen LogP contribution in [-0.2, 0) is 4.79 Å². The molecule has 0 saturated carbocycles. The molecule has 4 heteroatoms. The molecule has 3 aromatic rings. The Bertz CT molecular complexity index is 942. The number of thioether (sulfide) groups is 1.